The summed E-state index contributed by atoms with van der Waals surface area (Å²) in [4.78, 5) is 20.7. The molecule has 1 amide bonds. The van der Waals surface area contributed by atoms with Gasteiger partial charge in [-0.15, -0.1) is 0 Å². The Balaban J connectivity index is 1.54. The molecule has 1 aromatic heterocycles. The van der Waals surface area contributed by atoms with E-state index in [4.69, 9.17) is 4.74 Å². The highest BCUT2D eigenvalue weighted by atomic mass is 16.5. The molecule has 4 rings (SSSR count). The number of benzene rings is 3. The lowest BCUT2D eigenvalue weighted by Crippen LogP contribution is -2.10. The van der Waals surface area contributed by atoms with E-state index >= 15 is 0 Å². The van der Waals surface area contributed by atoms with Crippen molar-refractivity contribution in [3.05, 3.63) is 78.6 Å². The molecule has 0 aliphatic carbocycles. The van der Waals surface area contributed by atoms with E-state index in [0.29, 0.717) is 23.7 Å². The van der Waals surface area contributed by atoms with Crippen molar-refractivity contribution in [2.24, 2.45) is 0 Å². The van der Waals surface area contributed by atoms with Crippen LogP contribution >= 0.6 is 0 Å². The van der Waals surface area contributed by atoms with Crippen molar-refractivity contribution in [3.8, 4) is 5.75 Å². The lowest BCUT2D eigenvalue weighted by atomic mass is 10.1. The van der Waals surface area contributed by atoms with Crippen LogP contribution < -0.4 is 20.7 Å². The van der Waals surface area contributed by atoms with Crippen molar-refractivity contribution in [1.82, 2.24) is 9.97 Å². The Kier molecular flexibility index (Phi) is 6.46. The van der Waals surface area contributed by atoms with Gasteiger partial charge >= 0.3 is 0 Å². The second-order valence-corrected chi connectivity index (χ2v) is 7.24. The summed E-state index contributed by atoms with van der Waals surface area (Å²) in [7, 11) is 1.57. The molecule has 0 saturated heterocycles. The van der Waals surface area contributed by atoms with E-state index in [1.54, 1.807) is 20.1 Å². The first-order valence-corrected chi connectivity index (χ1v) is 10.4. The zero-order chi connectivity index (χ0) is 22.3. The maximum absolute atomic E-state index is 11.9. The van der Waals surface area contributed by atoms with E-state index in [9.17, 15) is 4.79 Å². The Hall–Kier alpha value is -4.13. The van der Waals surface area contributed by atoms with Crippen LogP contribution in [-0.4, -0.2) is 23.0 Å². The van der Waals surface area contributed by atoms with E-state index in [2.05, 4.69) is 38.1 Å². The molecule has 0 aliphatic heterocycles. The minimum atomic E-state index is -0.0902. The number of aromatic nitrogens is 2. The second kappa shape index (κ2) is 9.78. The van der Waals surface area contributed by atoms with Gasteiger partial charge in [0.05, 0.1) is 18.3 Å². The highest BCUT2D eigenvalue weighted by Crippen LogP contribution is 2.33. The molecular weight excluding hydrogens is 402 g/mol. The number of methoxy groups -OCH3 is 1. The Bertz CT molecular complexity index is 1210. The monoisotopic (exact) mass is 427 g/mol. The van der Waals surface area contributed by atoms with Crippen LogP contribution in [0, 0.1) is 0 Å². The zero-order valence-corrected chi connectivity index (χ0v) is 18.1. The first kappa shape index (κ1) is 21.1. The highest BCUT2D eigenvalue weighted by Gasteiger charge is 2.12. The maximum Gasteiger partial charge on any atom is 0.224 e. The van der Waals surface area contributed by atoms with Crippen molar-refractivity contribution < 1.29 is 9.53 Å². The molecule has 32 heavy (non-hydrogen) atoms. The first-order chi connectivity index (χ1) is 15.7. The zero-order valence-electron chi connectivity index (χ0n) is 18.1. The van der Waals surface area contributed by atoms with Crippen LogP contribution in [0.25, 0.3) is 10.9 Å². The molecule has 3 aromatic carbocycles. The number of anilines is 4. The fourth-order valence-corrected chi connectivity index (χ4v) is 3.30. The van der Waals surface area contributed by atoms with Crippen LogP contribution in [-0.2, 0) is 11.3 Å². The lowest BCUT2D eigenvalue weighted by molar-refractivity contribution is -0.115. The largest absolute Gasteiger partial charge is 0.494 e. The van der Waals surface area contributed by atoms with E-state index in [1.165, 1.54) is 11.9 Å². The van der Waals surface area contributed by atoms with Gasteiger partial charge in [-0.25, -0.2) is 9.97 Å². The van der Waals surface area contributed by atoms with Crippen LogP contribution in [0.4, 0.5) is 22.9 Å². The minimum Gasteiger partial charge on any atom is -0.494 e. The molecule has 0 unspecified atom stereocenters. The fourth-order valence-electron chi connectivity index (χ4n) is 3.30. The van der Waals surface area contributed by atoms with E-state index in [-0.39, 0.29) is 5.91 Å². The summed E-state index contributed by atoms with van der Waals surface area (Å²) in [6, 6.07) is 21.9. The summed E-state index contributed by atoms with van der Waals surface area (Å²) < 4.78 is 5.42. The number of carbonyl (C=O) groups excluding carboxylic acids is 1. The summed E-state index contributed by atoms with van der Waals surface area (Å²) in [5.41, 5.74) is 4.45. The molecule has 1 heterocycles. The Morgan fingerprint density at radius 3 is 2.44 bits per heavy atom. The molecule has 7 nitrogen and oxygen atoms in total. The van der Waals surface area contributed by atoms with Gasteiger partial charge in [0.15, 0.2) is 0 Å². The average molecular weight is 428 g/mol. The molecule has 0 bridgehead atoms. The number of fused-ring (bicyclic) bond motifs is 1. The Morgan fingerprint density at radius 2 is 1.72 bits per heavy atom. The number of nitrogens with zero attached hydrogens (tertiary/aromatic N) is 2. The SMILES string of the molecule is CCC(=O)Nc1cc2c(Nc3ccc(NCc4ccccc4)cc3)ncnc2cc1OC. The number of hydrogen-bond donors (Lipinski definition) is 3. The maximum atomic E-state index is 11.9. The van der Waals surface area contributed by atoms with Gasteiger partial charge in [0.25, 0.3) is 0 Å². The van der Waals surface area contributed by atoms with Crippen molar-refractivity contribution >= 4 is 39.7 Å². The quantitative estimate of drug-likeness (QED) is 0.352. The average Bonchev–Trinajstić information content (AvgIpc) is 2.84. The van der Waals surface area contributed by atoms with Gasteiger partial charge in [-0.05, 0) is 35.9 Å². The summed E-state index contributed by atoms with van der Waals surface area (Å²) in [5.74, 6) is 1.11. The molecule has 0 saturated carbocycles. The molecule has 0 fully saturated rings. The standard InChI is InChI=1S/C25H25N5O2/c1-3-24(31)30-22-13-20-21(14-23(22)32-2)27-16-28-25(20)29-19-11-9-18(10-12-19)26-15-17-7-5-4-6-8-17/h4-14,16,26H,3,15H2,1-2H3,(H,30,31)(H,27,28,29). The molecule has 4 aromatic rings. The van der Waals surface area contributed by atoms with Crippen LogP contribution in [0.15, 0.2) is 73.1 Å². The topological polar surface area (TPSA) is 88.2 Å². The second-order valence-electron chi connectivity index (χ2n) is 7.24. The predicted molar refractivity (Wildman–Crippen MR) is 129 cm³/mol. The van der Waals surface area contributed by atoms with Gasteiger partial charge in [0.2, 0.25) is 5.91 Å². The molecule has 0 aliphatic rings. The first-order valence-electron chi connectivity index (χ1n) is 10.4. The third-order valence-corrected chi connectivity index (χ3v) is 5.04. The third kappa shape index (κ3) is 4.95. The van der Waals surface area contributed by atoms with E-state index < -0.39 is 0 Å². The van der Waals surface area contributed by atoms with Gasteiger partial charge in [-0.2, -0.15) is 0 Å². The number of ether oxygens (including phenoxy) is 1. The minimum absolute atomic E-state index is 0.0902. The van der Waals surface area contributed by atoms with Crippen molar-refractivity contribution in [2.75, 3.05) is 23.1 Å². The van der Waals surface area contributed by atoms with Crippen LogP contribution in [0.1, 0.15) is 18.9 Å². The number of rotatable bonds is 8. The van der Waals surface area contributed by atoms with Gasteiger partial charge in [-0.3, -0.25) is 4.79 Å². The lowest BCUT2D eigenvalue weighted by Gasteiger charge is -2.14. The van der Waals surface area contributed by atoms with Crippen molar-refractivity contribution in [1.29, 1.82) is 0 Å². The number of hydrogen-bond acceptors (Lipinski definition) is 6. The van der Waals surface area contributed by atoms with Gasteiger partial charge < -0.3 is 20.7 Å². The molecule has 0 atom stereocenters. The van der Waals surface area contributed by atoms with Crippen LogP contribution in [0.5, 0.6) is 5.75 Å². The van der Waals surface area contributed by atoms with Crippen molar-refractivity contribution in [2.45, 2.75) is 19.9 Å². The van der Waals surface area contributed by atoms with Gasteiger partial charge in [0.1, 0.15) is 17.9 Å². The van der Waals surface area contributed by atoms with Crippen LogP contribution in [0.3, 0.4) is 0 Å². The summed E-state index contributed by atoms with van der Waals surface area (Å²) in [6.07, 6.45) is 1.88. The molecule has 162 valence electrons. The van der Waals surface area contributed by atoms with Gasteiger partial charge in [-0.1, -0.05) is 37.3 Å². The Morgan fingerprint density at radius 1 is 0.969 bits per heavy atom. The molecule has 3 N–H and O–H groups in total. The molecular formula is C25H25N5O2. The summed E-state index contributed by atoms with van der Waals surface area (Å²) in [5, 5.41) is 10.4. The van der Waals surface area contributed by atoms with Gasteiger partial charge in [0, 0.05) is 35.8 Å². The fraction of sp³-hybridized carbons (Fsp3) is 0.160. The normalized spacial score (nSPS) is 10.6. The Labute approximate surface area is 186 Å². The molecule has 0 radical (unpaired) electrons. The van der Waals surface area contributed by atoms with E-state index in [0.717, 1.165) is 28.8 Å². The van der Waals surface area contributed by atoms with Crippen LogP contribution in [0.2, 0.25) is 0 Å². The molecule has 7 heteroatoms. The third-order valence-electron chi connectivity index (χ3n) is 5.04. The summed E-state index contributed by atoms with van der Waals surface area (Å²) >= 11 is 0. The number of amides is 1. The van der Waals surface area contributed by atoms with Crippen molar-refractivity contribution in [3.63, 3.8) is 0 Å². The van der Waals surface area contributed by atoms with E-state index in [1.807, 2.05) is 48.5 Å². The predicted octanol–water partition coefficient (Wildman–Crippen LogP) is 5.34. The highest BCUT2D eigenvalue weighted by molar-refractivity contribution is 5.99. The number of carbonyl (C=O) groups is 1. The smallest absolute Gasteiger partial charge is 0.224 e. The molecule has 0 spiro atoms. The summed E-state index contributed by atoms with van der Waals surface area (Å²) in [6.45, 7) is 2.57. The number of nitrogens with one attached hydrogen (secondary N) is 3.